The van der Waals surface area contributed by atoms with Crippen LogP contribution in [0.5, 0.6) is 11.5 Å². The van der Waals surface area contributed by atoms with Crippen molar-refractivity contribution in [1.82, 2.24) is 10.5 Å². The molecule has 3 rings (SSSR count). The number of nitrogens with one attached hydrogen (secondary N) is 2. The van der Waals surface area contributed by atoms with E-state index in [1.54, 1.807) is 42.5 Å². The van der Waals surface area contributed by atoms with Gasteiger partial charge in [0.05, 0.1) is 18.4 Å². The van der Waals surface area contributed by atoms with Crippen molar-refractivity contribution in [3.8, 4) is 11.5 Å². The monoisotopic (exact) mass is 481 g/mol. The Labute approximate surface area is 204 Å². The Bertz CT molecular complexity index is 1140. The maximum absolute atomic E-state index is 12.8. The normalized spacial score (nSPS) is 10.6. The molecule has 0 spiro atoms. The number of aryl methyl sites for hydroxylation is 2. The molecule has 0 radical (unpaired) electrons. The summed E-state index contributed by atoms with van der Waals surface area (Å²) < 4.78 is 21.7. The van der Waals surface area contributed by atoms with Crippen molar-refractivity contribution in [2.75, 3.05) is 32.2 Å². The van der Waals surface area contributed by atoms with Gasteiger partial charge in [0.15, 0.2) is 11.5 Å². The third-order valence-corrected chi connectivity index (χ3v) is 5.32. The van der Waals surface area contributed by atoms with E-state index >= 15 is 0 Å². The van der Waals surface area contributed by atoms with Gasteiger partial charge in [0.25, 0.3) is 11.8 Å². The SMILES string of the molecule is CCOCCCNC(=O)c1cccc(NC(=O)c2ccc(OCc3c(C)noc3C)c(OC)c2)c1. The molecular formula is C26H31N3O6. The first-order chi connectivity index (χ1) is 16.9. The zero-order valence-electron chi connectivity index (χ0n) is 20.5. The molecule has 9 heteroatoms. The van der Waals surface area contributed by atoms with Gasteiger partial charge >= 0.3 is 0 Å². The molecule has 0 atom stereocenters. The van der Waals surface area contributed by atoms with Gasteiger partial charge in [0.2, 0.25) is 0 Å². The lowest BCUT2D eigenvalue weighted by atomic mass is 10.1. The van der Waals surface area contributed by atoms with Crippen LogP contribution in [0.1, 0.15) is 51.1 Å². The smallest absolute Gasteiger partial charge is 0.255 e. The molecule has 0 aliphatic rings. The molecule has 2 N–H and O–H groups in total. The van der Waals surface area contributed by atoms with Crippen LogP contribution in [0, 0.1) is 13.8 Å². The van der Waals surface area contributed by atoms with E-state index in [4.69, 9.17) is 18.7 Å². The minimum atomic E-state index is -0.338. The van der Waals surface area contributed by atoms with E-state index in [0.29, 0.717) is 53.8 Å². The Morgan fingerprint density at radius 2 is 1.83 bits per heavy atom. The summed E-state index contributed by atoms with van der Waals surface area (Å²) in [4.78, 5) is 25.2. The third kappa shape index (κ3) is 7.07. The molecule has 186 valence electrons. The van der Waals surface area contributed by atoms with E-state index in [1.165, 1.54) is 7.11 Å². The number of ether oxygens (including phenoxy) is 3. The highest BCUT2D eigenvalue weighted by Crippen LogP contribution is 2.30. The number of hydrogen-bond donors (Lipinski definition) is 2. The fourth-order valence-electron chi connectivity index (χ4n) is 3.35. The number of methoxy groups -OCH3 is 1. The van der Waals surface area contributed by atoms with E-state index in [1.807, 2.05) is 20.8 Å². The number of amides is 2. The summed E-state index contributed by atoms with van der Waals surface area (Å²) >= 11 is 0. The lowest BCUT2D eigenvalue weighted by Gasteiger charge is -2.13. The van der Waals surface area contributed by atoms with Crippen molar-refractivity contribution < 1.29 is 28.3 Å². The van der Waals surface area contributed by atoms with Crippen LogP contribution in [0.2, 0.25) is 0 Å². The second-order valence-electron chi connectivity index (χ2n) is 7.80. The Kier molecular flexibility index (Phi) is 9.25. The van der Waals surface area contributed by atoms with E-state index in [-0.39, 0.29) is 18.4 Å². The zero-order valence-corrected chi connectivity index (χ0v) is 20.5. The zero-order chi connectivity index (χ0) is 25.2. The summed E-state index contributed by atoms with van der Waals surface area (Å²) in [6.07, 6.45) is 0.732. The van der Waals surface area contributed by atoms with E-state index < -0.39 is 0 Å². The minimum Gasteiger partial charge on any atom is -0.493 e. The van der Waals surface area contributed by atoms with E-state index in [9.17, 15) is 9.59 Å². The number of hydrogen-bond acceptors (Lipinski definition) is 7. The average molecular weight is 482 g/mol. The van der Waals surface area contributed by atoms with Crippen LogP contribution in [-0.2, 0) is 11.3 Å². The second kappa shape index (κ2) is 12.6. The molecule has 9 nitrogen and oxygen atoms in total. The third-order valence-electron chi connectivity index (χ3n) is 5.32. The van der Waals surface area contributed by atoms with Crippen molar-refractivity contribution in [1.29, 1.82) is 0 Å². The molecule has 3 aromatic rings. The van der Waals surface area contributed by atoms with Gasteiger partial charge in [0, 0.05) is 36.6 Å². The maximum atomic E-state index is 12.8. The van der Waals surface area contributed by atoms with Gasteiger partial charge in [-0.05, 0) is 63.6 Å². The fraction of sp³-hybridized carbons (Fsp3) is 0.346. The van der Waals surface area contributed by atoms with Crippen molar-refractivity contribution in [3.63, 3.8) is 0 Å². The van der Waals surface area contributed by atoms with Crippen LogP contribution >= 0.6 is 0 Å². The average Bonchev–Trinajstić information content (AvgIpc) is 3.19. The number of carbonyl (C=O) groups excluding carboxylic acids is 2. The van der Waals surface area contributed by atoms with Crippen LogP contribution in [0.25, 0.3) is 0 Å². The van der Waals surface area contributed by atoms with Gasteiger partial charge in [-0.3, -0.25) is 9.59 Å². The Balaban J connectivity index is 1.62. The molecule has 1 aromatic heterocycles. The molecule has 0 unspecified atom stereocenters. The van der Waals surface area contributed by atoms with Crippen LogP contribution < -0.4 is 20.1 Å². The summed E-state index contributed by atoms with van der Waals surface area (Å²) in [5, 5.41) is 9.59. The quantitative estimate of drug-likeness (QED) is 0.371. The standard InChI is InChI=1S/C26H31N3O6/c1-5-33-13-7-12-27-25(30)19-8-6-9-21(14-19)28-26(31)20-10-11-23(24(15-20)32-4)34-16-22-17(2)29-35-18(22)3/h6,8-11,14-15H,5,7,12-13,16H2,1-4H3,(H,27,30)(H,28,31). The van der Waals surface area contributed by atoms with Gasteiger partial charge in [0.1, 0.15) is 12.4 Å². The van der Waals surface area contributed by atoms with Gasteiger partial charge in [-0.25, -0.2) is 0 Å². The highest BCUT2D eigenvalue weighted by molar-refractivity contribution is 6.05. The maximum Gasteiger partial charge on any atom is 0.255 e. The largest absolute Gasteiger partial charge is 0.493 e. The van der Waals surface area contributed by atoms with Gasteiger partial charge in [-0.15, -0.1) is 0 Å². The molecule has 0 saturated heterocycles. The molecule has 2 aromatic carbocycles. The van der Waals surface area contributed by atoms with Crippen molar-refractivity contribution in [3.05, 3.63) is 70.6 Å². The first-order valence-corrected chi connectivity index (χ1v) is 11.4. The van der Waals surface area contributed by atoms with Crippen LogP contribution in [0.3, 0.4) is 0 Å². The van der Waals surface area contributed by atoms with Gasteiger partial charge in [-0.2, -0.15) is 0 Å². The molecule has 0 aliphatic heterocycles. The van der Waals surface area contributed by atoms with Crippen molar-refractivity contribution >= 4 is 17.5 Å². The first kappa shape index (κ1) is 25.8. The molecular weight excluding hydrogens is 450 g/mol. The molecule has 0 saturated carbocycles. The second-order valence-corrected chi connectivity index (χ2v) is 7.80. The van der Waals surface area contributed by atoms with Crippen LogP contribution in [-0.4, -0.2) is 43.8 Å². The summed E-state index contributed by atoms with van der Waals surface area (Å²) in [6, 6.07) is 11.7. The molecule has 0 fully saturated rings. The van der Waals surface area contributed by atoms with E-state index in [2.05, 4.69) is 15.8 Å². The number of nitrogens with zero attached hydrogens (tertiary/aromatic N) is 1. The first-order valence-electron chi connectivity index (χ1n) is 11.4. The summed E-state index contributed by atoms with van der Waals surface area (Å²) in [5.74, 6) is 1.06. The predicted molar refractivity (Wildman–Crippen MR) is 131 cm³/mol. The number of aromatic nitrogens is 1. The lowest BCUT2D eigenvalue weighted by molar-refractivity contribution is 0.0943. The van der Waals surface area contributed by atoms with E-state index in [0.717, 1.165) is 17.7 Å². The number of anilines is 1. The summed E-state index contributed by atoms with van der Waals surface area (Å²) in [6.45, 7) is 7.63. The highest BCUT2D eigenvalue weighted by Gasteiger charge is 2.15. The predicted octanol–water partition coefficient (Wildman–Crippen LogP) is 4.29. The van der Waals surface area contributed by atoms with Gasteiger partial charge < -0.3 is 29.4 Å². The number of carbonyl (C=O) groups is 2. The fourth-order valence-corrected chi connectivity index (χ4v) is 3.35. The molecule has 1 heterocycles. The molecule has 35 heavy (non-hydrogen) atoms. The van der Waals surface area contributed by atoms with Crippen LogP contribution in [0.4, 0.5) is 5.69 Å². The Morgan fingerprint density at radius 1 is 1.03 bits per heavy atom. The highest BCUT2D eigenvalue weighted by atomic mass is 16.5. The molecule has 2 amide bonds. The molecule has 0 aliphatic carbocycles. The van der Waals surface area contributed by atoms with Crippen LogP contribution in [0.15, 0.2) is 47.0 Å². The number of benzene rings is 2. The summed E-state index contributed by atoms with van der Waals surface area (Å²) in [5.41, 5.74) is 2.98. The van der Waals surface area contributed by atoms with Crippen molar-refractivity contribution in [2.24, 2.45) is 0 Å². The molecule has 0 bridgehead atoms. The number of rotatable bonds is 12. The Morgan fingerprint density at radius 3 is 2.54 bits per heavy atom. The lowest BCUT2D eigenvalue weighted by Crippen LogP contribution is -2.25. The summed E-state index contributed by atoms with van der Waals surface area (Å²) in [7, 11) is 1.51. The van der Waals surface area contributed by atoms with Crippen molar-refractivity contribution in [2.45, 2.75) is 33.8 Å². The minimum absolute atomic E-state index is 0.209. The Hall–Kier alpha value is -3.85. The topological polar surface area (TPSA) is 112 Å². The van der Waals surface area contributed by atoms with Gasteiger partial charge in [-0.1, -0.05) is 11.2 Å².